The topological polar surface area (TPSA) is 49.4 Å². The second-order valence-corrected chi connectivity index (χ2v) is 2.88. The van der Waals surface area contributed by atoms with E-state index in [0.717, 1.165) is 6.42 Å². The third-order valence-corrected chi connectivity index (χ3v) is 1.67. The predicted octanol–water partition coefficient (Wildman–Crippen LogP) is 0.807. The lowest BCUT2D eigenvalue weighted by Gasteiger charge is -2.18. The van der Waals surface area contributed by atoms with Crippen molar-refractivity contribution in [2.45, 2.75) is 13.3 Å². The van der Waals surface area contributed by atoms with Crippen LogP contribution in [0, 0.1) is 12.3 Å². The Hall–Kier alpha value is -1.21. The molecular weight excluding hydrogens is 204 g/mol. The average Bonchev–Trinajstić information content (AvgIpc) is 2.17. The highest BCUT2D eigenvalue weighted by atomic mass is 35.5. The number of hydrogen-bond acceptors (Lipinski definition) is 2. The number of imide groups is 1. The molecule has 5 heteroatoms. The van der Waals surface area contributed by atoms with Crippen LogP contribution in [0.3, 0.4) is 0 Å². The average molecular weight is 217 g/mol. The van der Waals surface area contributed by atoms with Crippen LogP contribution in [0.15, 0.2) is 0 Å². The number of carbonyl (C=O) groups excluding carboxylic acids is 2. The minimum atomic E-state index is -0.519. The summed E-state index contributed by atoms with van der Waals surface area (Å²) >= 11 is 5.23. The largest absolute Gasteiger partial charge is 0.324 e. The number of hydrogen-bond donors (Lipinski definition) is 1. The molecule has 0 unspecified atom stereocenters. The van der Waals surface area contributed by atoms with Crippen molar-refractivity contribution >= 4 is 23.5 Å². The van der Waals surface area contributed by atoms with Crippen molar-refractivity contribution in [3.05, 3.63) is 0 Å². The Kier molecular flexibility index (Phi) is 6.59. The molecule has 14 heavy (non-hydrogen) atoms. The molecule has 0 bridgehead atoms. The Morgan fingerprint density at radius 2 is 2.21 bits per heavy atom. The van der Waals surface area contributed by atoms with Crippen molar-refractivity contribution in [1.29, 1.82) is 0 Å². The number of nitrogens with one attached hydrogen (secondary N) is 1. The quantitative estimate of drug-likeness (QED) is 0.559. The van der Waals surface area contributed by atoms with Gasteiger partial charge in [0.15, 0.2) is 0 Å². The molecule has 0 atom stereocenters. The number of amides is 3. The highest BCUT2D eigenvalue weighted by molar-refractivity contribution is 6.28. The van der Waals surface area contributed by atoms with Crippen molar-refractivity contribution in [2.75, 3.05) is 19.0 Å². The third kappa shape index (κ3) is 4.73. The highest BCUT2D eigenvalue weighted by Crippen LogP contribution is 1.92. The van der Waals surface area contributed by atoms with Gasteiger partial charge in [0.2, 0.25) is 5.91 Å². The van der Waals surface area contributed by atoms with Gasteiger partial charge in [-0.2, -0.15) is 0 Å². The molecule has 0 aromatic carbocycles. The maximum atomic E-state index is 11.3. The van der Waals surface area contributed by atoms with Gasteiger partial charge >= 0.3 is 6.03 Å². The number of halogens is 1. The third-order valence-electron chi connectivity index (χ3n) is 1.43. The number of nitrogens with zero attached hydrogens (tertiary/aromatic N) is 1. The molecule has 0 aromatic rings. The van der Waals surface area contributed by atoms with E-state index in [-0.39, 0.29) is 12.4 Å². The number of terminal acetylenes is 1. The van der Waals surface area contributed by atoms with E-state index in [1.165, 1.54) is 4.90 Å². The van der Waals surface area contributed by atoms with E-state index in [1.807, 2.05) is 6.92 Å². The molecular formula is C9H13ClN2O2. The molecule has 0 radical (unpaired) electrons. The van der Waals surface area contributed by atoms with Gasteiger partial charge in [0.05, 0.1) is 6.54 Å². The van der Waals surface area contributed by atoms with Crippen LogP contribution in [0.25, 0.3) is 0 Å². The summed E-state index contributed by atoms with van der Waals surface area (Å²) in [6.07, 6.45) is 5.86. The smallest absolute Gasteiger partial charge is 0.313 e. The fourth-order valence-corrected chi connectivity index (χ4v) is 0.931. The molecule has 1 N–H and O–H groups in total. The molecule has 0 aliphatic heterocycles. The molecule has 78 valence electrons. The van der Waals surface area contributed by atoms with Crippen LogP contribution in [0.5, 0.6) is 0 Å². The van der Waals surface area contributed by atoms with Crippen LogP contribution in [-0.4, -0.2) is 35.8 Å². The Morgan fingerprint density at radius 3 is 2.64 bits per heavy atom. The van der Waals surface area contributed by atoms with Gasteiger partial charge in [0.25, 0.3) is 0 Å². The molecule has 0 spiro atoms. The Labute approximate surface area is 88.6 Å². The zero-order valence-electron chi connectivity index (χ0n) is 8.05. The Morgan fingerprint density at radius 1 is 1.57 bits per heavy atom. The molecule has 3 amide bonds. The van der Waals surface area contributed by atoms with E-state index in [1.54, 1.807) is 0 Å². The van der Waals surface area contributed by atoms with Crippen LogP contribution in [0.4, 0.5) is 4.79 Å². The van der Waals surface area contributed by atoms with Gasteiger partial charge in [-0.05, 0) is 6.42 Å². The van der Waals surface area contributed by atoms with Gasteiger partial charge in [-0.3, -0.25) is 10.1 Å². The first-order valence-electron chi connectivity index (χ1n) is 4.23. The molecule has 0 aromatic heterocycles. The van der Waals surface area contributed by atoms with Crippen molar-refractivity contribution in [3.8, 4) is 12.3 Å². The molecule has 0 heterocycles. The minimum absolute atomic E-state index is 0.190. The summed E-state index contributed by atoms with van der Waals surface area (Å²) in [7, 11) is 0. The lowest BCUT2D eigenvalue weighted by molar-refractivity contribution is -0.117. The van der Waals surface area contributed by atoms with E-state index in [9.17, 15) is 9.59 Å². The lowest BCUT2D eigenvalue weighted by Crippen LogP contribution is -2.43. The van der Waals surface area contributed by atoms with Gasteiger partial charge in [-0.15, -0.1) is 18.0 Å². The van der Waals surface area contributed by atoms with E-state index >= 15 is 0 Å². The molecule has 0 saturated heterocycles. The summed E-state index contributed by atoms with van der Waals surface area (Å²) in [4.78, 5) is 23.5. The van der Waals surface area contributed by atoms with E-state index < -0.39 is 11.9 Å². The normalized spacial score (nSPS) is 8.93. The summed E-state index contributed by atoms with van der Waals surface area (Å²) in [6, 6.07) is -0.490. The standard InChI is InChI=1S/C9H13ClN2O2/c1-3-5-12(6-4-2)9(14)11-8(13)7-10/h1H,4-7H2,2H3,(H,11,13,14). The summed E-state index contributed by atoms with van der Waals surface area (Å²) in [5.74, 6) is 1.59. The fourth-order valence-electron chi connectivity index (χ4n) is 0.864. The predicted molar refractivity (Wildman–Crippen MR) is 55.0 cm³/mol. The van der Waals surface area contributed by atoms with Crippen LogP contribution < -0.4 is 5.32 Å². The van der Waals surface area contributed by atoms with Gasteiger partial charge in [-0.1, -0.05) is 12.8 Å². The van der Waals surface area contributed by atoms with Gasteiger partial charge in [0, 0.05) is 6.54 Å². The molecule has 0 aliphatic rings. The fraction of sp³-hybridized carbons (Fsp3) is 0.556. The van der Waals surface area contributed by atoms with E-state index in [4.69, 9.17) is 18.0 Å². The second-order valence-electron chi connectivity index (χ2n) is 2.61. The van der Waals surface area contributed by atoms with Gasteiger partial charge < -0.3 is 4.90 Å². The zero-order valence-corrected chi connectivity index (χ0v) is 8.80. The lowest BCUT2D eigenvalue weighted by atomic mass is 10.4. The zero-order chi connectivity index (χ0) is 11.0. The number of carbonyl (C=O) groups is 2. The van der Waals surface area contributed by atoms with Crippen molar-refractivity contribution in [1.82, 2.24) is 10.2 Å². The number of urea groups is 1. The van der Waals surface area contributed by atoms with E-state index in [2.05, 4.69) is 11.2 Å². The van der Waals surface area contributed by atoms with Gasteiger partial charge in [-0.25, -0.2) is 4.79 Å². The SMILES string of the molecule is C#CCN(CCC)C(=O)NC(=O)CCl. The Bertz CT molecular complexity index is 248. The van der Waals surface area contributed by atoms with Crippen LogP contribution in [0.1, 0.15) is 13.3 Å². The van der Waals surface area contributed by atoms with Gasteiger partial charge in [0.1, 0.15) is 5.88 Å². The molecule has 0 aliphatic carbocycles. The van der Waals surface area contributed by atoms with Crippen molar-refractivity contribution in [2.24, 2.45) is 0 Å². The molecule has 0 saturated carbocycles. The summed E-state index contributed by atoms with van der Waals surface area (Å²) in [5, 5.41) is 2.12. The summed E-state index contributed by atoms with van der Waals surface area (Å²) in [5.41, 5.74) is 0. The van der Waals surface area contributed by atoms with E-state index in [0.29, 0.717) is 6.54 Å². The minimum Gasteiger partial charge on any atom is -0.313 e. The summed E-state index contributed by atoms with van der Waals surface area (Å²) in [6.45, 7) is 2.63. The Balaban J connectivity index is 4.15. The summed E-state index contributed by atoms with van der Waals surface area (Å²) < 4.78 is 0. The number of alkyl halides is 1. The van der Waals surface area contributed by atoms with Crippen molar-refractivity contribution < 1.29 is 9.59 Å². The van der Waals surface area contributed by atoms with Crippen LogP contribution >= 0.6 is 11.6 Å². The molecule has 0 rings (SSSR count). The first-order chi connectivity index (χ1) is 6.65. The first-order valence-corrected chi connectivity index (χ1v) is 4.77. The van der Waals surface area contributed by atoms with Crippen molar-refractivity contribution in [3.63, 3.8) is 0 Å². The number of rotatable bonds is 4. The second kappa shape index (κ2) is 7.22. The highest BCUT2D eigenvalue weighted by Gasteiger charge is 2.13. The monoisotopic (exact) mass is 216 g/mol. The van der Waals surface area contributed by atoms with Crippen LogP contribution in [0.2, 0.25) is 0 Å². The van der Waals surface area contributed by atoms with Crippen LogP contribution in [-0.2, 0) is 4.79 Å². The maximum Gasteiger partial charge on any atom is 0.324 e. The molecule has 4 nitrogen and oxygen atoms in total. The maximum absolute atomic E-state index is 11.3. The first kappa shape index (κ1) is 12.8. The molecule has 0 fully saturated rings.